The van der Waals surface area contributed by atoms with E-state index in [9.17, 15) is 18.0 Å². The molecule has 9 heteroatoms. The third-order valence-electron chi connectivity index (χ3n) is 2.89. The SMILES string of the molecule is COCCC(NC(=O)NCC(C)(C)S(C)(=O)=O)C(=O)O. The van der Waals surface area contributed by atoms with Gasteiger partial charge in [0.1, 0.15) is 6.04 Å². The van der Waals surface area contributed by atoms with Gasteiger partial charge in [0.05, 0.1) is 4.75 Å². The van der Waals surface area contributed by atoms with Crippen LogP contribution in [-0.2, 0) is 19.4 Å². The van der Waals surface area contributed by atoms with E-state index in [4.69, 9.17) is 9.84 Å². The number of carboxylic acid groups (broad SMARTS) is 1. The predicted molar refractivity (Wildman–Crippen MR) is 73.4 cm³/mol. The number of nitrogens with one attached hydrogen (secondary N) is 2. The topological polar surface area (TPSA) is 122 Å². The molecule has 0 aromatic carbocycles. The largest absolute Gasteiger partial charge is 0.480 e. The van der Waals surface area contributed by atoms with Gasteiger partial charge in [-0.1, -0.05) is 0 Å². The summed E-state index contributed by atoms with van der Waals surface area (Å²) in [5.41, 5.74) is 0. The number of hydrogen-bond donors (Lipinski definition) is 3. The van der Waals surface area contributed by atoms with E-state index in [-0.39, 0.29) is 19.6 Å². The first-order chi connectivity index (χ1) is 9.01. The molecule has 0 aliphatic rings. The maximum atomic E-state index is 11.6. The molecule has 3 N–H and O–H groups in total. The Kier molecular flexibility index (Phi) is 6.94. The minimum atomic E-state index is -3.34. The molecule has 0 aromatic heterocycles. The van der Waals surface area contributed by atoms with Crippen LogP contribution in [0.4, 0.5) is 4.79 Å². The van der Waals surface area contributed by atoms with Crippen molar-refractivity contribution in [2.45, 2.75) is 31.1 Å². The van der Waals surface area contributed by atoms with Crippen LogP contribution >= 0.6 is 0 Å². The summed E-state index contributed by atoms with van der Waals surface area (Å²) >= 11 is 0. The van der Waals surface area contributed by atoms with Crippen LogP contribution < -0.4 is 10.6 Å². The average molecular weight is 310 g/mol. The van der Waals surface area contributed by atoms with E-state index < -0.39 is 32.6 Å². The molecule has 0 rings (SSSR count). The van der Waals surface area contributed by atoms with E-state index >= 15 is 0 Å². The van der Waals surface area contributed by atoms with E-state index in [1.807, 2.05) is 0 Å². The number of carbonyl (C=O) groups is 2. The van der Waals surface area contributed by atoms with Gasteiger partial charge in [-0.25, -0.2) is 18.0 Å². The highest BCUT2D eigenvalue weighted by Crippen LogP contribution is 2.13. The second-order valence-electron chi connectivity index (χ2n) is 5.03. The van der Waals surface area contributed by atoms with Gasteiger partial charge in [0, 0.05) is 32.9 Å². The quantitative estimate of drug-likeness (QED) is 0.561. The van der Waals surface area contributed by atoms with Gasteiger partial charge in [-0.2, -0.15) is 0 Å². The predicted octanol–water partition coefficient (Wildman–Crippen LogP) is -0.401. The fourth-order valence-corrected chi connectivity index (χ4v) is 1.46. The summed E-state index contributed by atoms with van der Waals surface area (Å²) in [5.74, 6) is -1.18. The lowest BCUT2D eigenvalue weighted by molar-refractivity contribution is -0.139. The number of amides is 2. The summed E-state index contributed by atoms with van der Waals surface area (Å²) in [6.45, 7) is 3.02. The Hall–Kier alpha value is -1.35. The highest BCUT2D eigenvalue weighted by molar-refractivity contribution is 7.92. The molecule has 1 atom stereocenters. The maximum Gasteiger partial charge on any atom is 0.326 e. The lowest BCUT2D eigenvalue weighted by Gasteiger charge is -2.23. The standard InChI is InChI=1S/C11H22N2O6S/c1-11(2,20(4,17)18)7-12-10(16)13-8(9(14)15)5-6-19-3/h8H,5-7H2,1-4H3,(H,14,15)(H2,12,13,16). The van der Waals surface area contributed by atoms with Crippen molar-refractivity contribution >= 4 is 21.8 Å². The first-order valence-electron chi connectivity index (χ1n) is 5.97. The van der Waals surface area contributed by atoms with Gasteiger partial charge < -0.3 is 20.5 Å². The van der Waals surface area contributed by atoms with Gasteiger partial charge in [0.15, 0.2) is 9.84 Å². The van der Waals surface area contributed by atoms with Crippen LogP contribution in [-0.4, -0.2) is 62.8 Å². The second kappa shape index (κ2) is 7.44. The van der Waals surface area contributed by atoms with Crippen LogP contribution in [0.15, 0.2) is 0 Å². The van der Waals surface area contributed by atoms with Gasteiger partial charge in [-0.05, 0) is 13.8 Å². The Labute approximate surface area is 118 Å². The number of aliphatic carboxylic acids is 1. The molecule has 0 aliphatic heterocycles. The lowest BCUT2D eigenvalue weighted by Crippen LogP contribution is -2.51. The fraction of sp³-hybridized carbons (Fsp3) is 0.818. The number of urea groups is 1. The number of carbonyl (C=O) groups excluding carboxylic acids is 1. The molecule has 0 aliphatic carbocycles. The maximum absolute atomic E-state index is 11.6. The molecule has 0 aromatic rings. The van der Waals surface area contributed by atoms with E-state index in [2.05, 4.69) is 10.6 Å². The molecule has 0 saturated carbocycles. The average Bonchev–Trinajstić information content (AvgIpc) is 2.30. The fourth-order valence-electron chi connectivity index (χ4n) is 1.13. The van der Waals surface area contributed by atoms with Crippen molar-refractivity contribution < 1.29 is 27.9 Å². The Bertz CT molecular complexity index is 446. The molecule has 1 unspecified atom stereocenters. The Morgan fingerprint density at radius 1 is 1.35 bits per heavy atom. The van der Waals surface area contributed by atoms with Gasteiger partial charge in [-0.15, -0.1) is 0 Å². The van der Waals surface area contributed by atoms with Crippen molar-refractivity contribution in [3.8, 4) is 0 Å². The van der Waals surface area contributed by atoms with Gasteiger partial charge in [0.2, 0.25) is 0 Å². The van der Waals surface area contributed by atoms with E-state index in [1.165, 1.54) is 21.0 Å². The summed E-state index contributed by atoms with van der Waals surface area (Å²) in [7, 11) is -1.91. The van der Waals surface area contributed by atoms with Crippen molar-refractivity contribution in [2.24, 2.45) is 0 Å². The van der Waals surface area contributed by atoms with E-state index in [0.717, 1.165) is 6.26 Å². The van der Waals surface area contributed by atoms with Crippen molar-refractivity contribution in [3.05, 3.63) is 0 Å². The molecule has 0 bridgehead atoms. The minimum Gasteiger partial charge on any atom is -0.480 e. The molecule has 0 radical (unpaired) electrons. The number of hydrogen-bond acceptors (Lipinski definition) is 5. The Morgan fingerprint density at radius 2 is 1.90 bits per heavy atom. The van der Waals surface area contributed by atoms with Gasteiger partial charge in [-0.3, -0.25) is 0 Å². The molecule has 20 heavy (non-hydrogen) atoms. The summed E-state index contributed by atoms with van der Waals surface area (Å²) < 4.78 is 26.5. The zero-order valence-electron chi connectivity index (χ0n) is 12.1. The molecular formula is C11H22N2O6S. The molecule has 0 spiro atoms. The number of ether oxygens (including phenoxy) is 1. The molecule has 0 heterocycles. The number of sulfone groups is 1. The first-order valence-corrected chi connectivity index (χ1v) is 7.86. The smallest absolute Gasteiger partial charge is 0.326 e. The third kappa shape index (κ3) is 6.20. The van der Waals surface area contributed by atoms with Crippen LogP contribution in [0.5, 0.6) is 0 Å². The van der Waals surface area contributed by atoms with E-state index in [1.54, 1.807) is 0 Å². The molecular weight excluding hydrogens is 288 g/mol. The minimum absolute atomic E-state index is 0.117. The van der Waals surface area contributed by atoms with Crippen LogP contribution in [0.1, 0.15) is 20.3 Å². The van der Waals surface area contributed by atoms with Crippen LogP contribution in [0.2, 0.25) is 0 Å². The van der Waals surface area contributed by atoms with Crippen LogP contribution in [0.25, 0.3) is 0 Å². The number of rotatable bonds is 8. The third-order valence-corrected chi connectivity index (χ3v) is 5.04. The zero-order valence-corrected chi connectivity index (χ0v) is 12.9. The van der Waals surface area contributed by atoms with Crippen molar-refractivity contribution in [3.63, 3.8) is 0 Å². The zero-order chi connectivity index (χ0) is 16.0. The van der Waals surface area contributed by atoms with Crippen LogP contribution in [0.3, 0.4) is 0 Å². The molecule has 0 saturated heterocycles. The summed E-state index contributed by atoms with van der Waals surface area (Å²) in [6.07, 6.45) is 1.19. The molecule has 2 amide bonds. The lowest BCUT2D eigenvalue weighted by atomic mass is 10.2. The Morgan fingerprint density at radius 3 is 2.30 bits per heavy atom. The van der Waals surface area contributed by atoms with Gasteiger partial charge >= 0.3 is 12.0 Å². The summed E-state index contributed by atoms with van der Waals surface area (Å²) in [5, 5.41) is 13.5. The monoisotopic (exact) mass is 310 g/mol. The summed E-state index contributed by atoms with van der Waals surface area (Å²) in [4.78, 5) is 22.5. The number of methoxy groups -OCH3 is 1. The van der Waals surface area contributed by atoms with E-state index in [0.29, 0.717) is 0 Å². The summed E-state index contributed by atoms with van der Waals surface area (Å²) in [6, 6.07) is -1.82. The number of carboxylic acids is 1. The first kappa shape index (κ1) is 18.7. The molecule has 118 valence electrons. The van der Waals surface area contributed by atoms with Gasteiger partial charge in [0.25, 0.3) is 0 Å². The molecule has 8 nitrogen and oxygen atoms in total. The normalized spacial score (nSPS) is 13.6. The Balaban J connectivity index is 4.45. The second-order valence-corrected chi connectivity index (χ2v) is 7.68. The van der Waals surface area contributed by atoms with Crippen LogP contribution in [0, 0.1) is 0 Å². The highest BCUT2D eigenvalue weighted by atomic mass is 32.2. The molecule has 0 fully saturated rings. The van der Waals surface area contributed by atoms with Crippen molar-refractivity contribution in [1.29, 1.82) is 0 Å². The van der Waals surface area contributed by atoms with Crippen molar-refractivity contribution in [1.82, 2.24) is 10.6 Å². The van der Waals surface area contributed by atoms with Crippen molar-refractivity contribution in [2.75, 3.05) is 26.5 Å². The highest BCUT2D eigenvalue weighted by Gasteiger charge is 2.31.